The van der Waals surface area contributed by atoms with Crippen LogP contribution in [0.3, 0.4) is 0 Å². The molecule has 0 saturated carbocycles. The summed E-state index contributed by atoms with van der Waals surface area (Å²) in [7, 11) is -3.05. The van der Waals surface area contributed by atoms with E-state index in [-0.39, 0.29) is 0 Å². The molecule has 0 radical (unpaired) electrons. The summed E-state index contributed by atoms with van der Waals surface area (Å²) < 4.78 is 19.4. The summed E-state index contributed by atoms with van der Waals surface area (Å²) in [5.74, 6) is 0.853. The fourth-order valence-electron chi connectivity index (χ4n) is 9.30. The van der Waals surface area contributed by atoms with Gasteiger partial charge in [-0.15, -0.1) is 0 Å². The van der Waals surface area contributed by atoms with E-state index in [2.05, 4.69) is 160 Å². The molecule has 0 saturated heterocycles. The Morgan fingerprint density at radius 1 is 0.458 bits per heavy atom. The summed E-state index contributed by atoms with van der Waals surface area (Å²) in [5, 5.41) is 7.36. The van der Waals surface area contributed by atoms with Gasteiger partial charge in [0.2, 0.25) is 0 Å². The highest BCUT2D eigenvalue weighted by molar-refractivity contribution is 7.21. The van der Waals surface area contributed by atoms with Gasteiger partial charge in [-0.3, -0.25) is 9.88 Å². The Balaban J connectivity index is 1.20. The minimum atomic E-state index is -3.05. The molecular weight excluding hydrogens is 740 g/mol. The first-order chi connectivity index (χ1) is 29.2. The number of hydrogen-bond acceptors (Lipinski definition) is 3. The van der Waals surface area contributed by atoms with Crippen LogP contribution in [0.15, 0.2) is 219 Å². The smallest absolute Gasteiger partial charge is 0.186 e. The number of hydrogen-bond donors (Lipinski definition) is 0. The molecule has 3 aromatic heterocycles. The number of para-hydroxylation sites is 2. The van der Waals surface area contributed by atoms with Gasteiger partial charge in [-0.25, -0.2) is 9.37 Å². The van der Waals surface area contributed by atoms with Crippen molar-refractivity contribution in [2.75, 3.05) is 4.90 Å². The molecular formula is C53H37FN4Si. The van der Waals surface area contributed by atoms with E-state index in [1.54, 1.807) is 6.20 Å². The second kappa shape index (κ2) is 14.2. The standard InChI is InChI=1S/C53H37FN4Si/c54-52(38-18-14-17-37(33-38)46-28-12-13-31-55-46)39-19-15-22-41(34-39)58-49-36-48-45(44-27-10-11-29-47(44)57(48)40-20-4-1-5-21-40)35-51(49)59(42-23-6-2-7-24-42,43-25-8-3-9-26-43)50-30-16-32-56-53(50)58/h1-36,52H. The molecule has 0 amide bonds. The van der Waals surface area contributed by atoms with Gasteiger partial charge >= 0.3 is 0 Å². The molecule has 0 fully saturated rings. The van der Waals surface area contributed by atoms with E-state index in [1.807, 2.05) is 66.9 Å². The summed E-state index contributed by atoms with van der Waals surface area (Å²) in [6.45, 7) is 0. The molecule has 4 nitrogen and oxygen atoms in total. The molecule has 280 valence electrons. The molecule has 59 heavy (non-hydrogen) atoms. The molecule has 1 aliphatic rings. The van der Waals surface area contributed by atoms with Gasteiger partial charge in [-0.2, -0.15) is 0 Å². The molecule has 1 atom stereocenters. The lowest BCUT2D eigenvalue weighted by molar-refractivity contribution is 0.402. The fraction of sp³-hybridized carbons (Fsp3) is 0.0189. The number of rotatable bonds is 7. The molecule has 10 aromatic rings. The van der Waals surface area contributed by atoms with Crippen molar-refractivity contribution < 1.29 is 4.39 Å². The fourth-order valence-corrected chi connectivity index (χ4v) is 14.3. The monoisotopic (exact) mass is 776 g/mol. The van der Waals surface area contributed by atoms with Crippen molar-refractivity contribution in [2.45, 2.75) is 6.17 Å². The first-order valence-corrected chi connectivity index (χ1v) is 22.0. The lowest BCUT2D eigenvalue weighted by Gasteiger charge is -2.44. The van der Waals surface area contributed by atoms with Crippen LogP contribution in [0.2, 0.25) is 0 Å². The third-order valence-corrected chi connectivity index (χ3v) is 16.6. The summed E-state index contributed by atoms with van der Waals surface area (Å²) in [6, 6.07) is 71.8. The number of anilines is 3. The Kier molecular flexibility index (Phi) is 8.38. The maximum absolute atomic E-state index is 17.0. The number of benzene rings is 7. The number of nitrogens with zero attached hydrogens (tertiary/aromatic N) is 4. The van der Waals surface area contributed by atoms with Crippen LogP contribution in [-0.2, 0) is 0 Å². The highest BCUT2D eigenvalue weighted by Crippen LogP contribution is 2.43. The second-order valence-electron chi connectivity index (χ2n) is 15.1. The van der Waals surface area contributed by atoms with E-state index < -0.39 is 14.2 Å². The quantitative estimate of drug-likeness (QED) is 0.151. The number of fused-ring (bicyclic) bond motifs is 5. The van der Waals surface area contributed by atoms with E-state index in [4.69, 9.17) is 4.98 Å². The van der Waals surface area contributed by atoms with Gasteiger partial charge in [0.05, 0.1) is 22.4 Å². The predicted octanol–water partition coefficient (Wildman–Crippen LogP) is 10.5. The molecule has 4 heterocycles. The Morgan fingerprint density at radius 3 is 1.85 bits per heavy atom. The van der Waals surface area contributed by atoms with Gasteiger partial charge in [0.1, 0.15) is 5.82 Å². The van der Waals surface area contributed by atoms with Crippen LogP contribution in [-0.4, -0.2) is 22.6 Å². The van der Waals surface area contributed by atoms with Crippen LogP contribution in [0.5, 0.6) is 0 Å². The minimum Gasteiger partial charge on any atom is -0.309 e. The molecule has 11 rings (SSSR count). The van der Waals surface area contributed by atoms with E-state index in [0.29, 0.717) is 11.1 Å². The van der Waals surface area contributed by atoms with Crippen molar-refractivity contribution in [3.05, 3.63) is 230 Å². The van der Waals surface area contributed by atoms with Crippen molar-refractivity contribution >= 4 is 67.8 Å². The van der Waals surface area contributed by atoms with Gasteiger partial charge in [0.25, 0.3) is 0 Å². The maximum atomic E-state index is 17.0. The molecule has 7 aromatic carbocycles. The van der Waals surface area contributed by atoms with Gasteiger partial charge in [0, 0.05) is 40.1 Å². The van der Waals surface area contributed by atoms with E-state index in [0.717, 1.165) is 45.2 Å². The Labute approximate surface area is 343 Å². The van der Waals surface area contributed by atoms with Crippen LogP contribution in [0.4, 0.5) is 21.6 Å². The lowest BCUT2D eigenvalue weighted by Crippen LogP contribution is -2.77. The normalized spacial score (nSPS) is 13.5. The van der Waals surface area contributed by atoms with Gasteiger partial charge < -0.3 is 4.57 Å². The van der Waals surface area contributed by atoms with E-state index in [9.17, 15) is 0 Å². The average Bonchev–Trinajstić information content (AvgIpc) is 3.64. The first-order valence-electron chi connectivity index (χ1n) is 20.0. The van der Waals surface area contributed by atoms with Crippen molar-refractivity contribution in [1.29, 1.82) is 0 Å². The Bertz CT molecular complexity index is 3090. The first kappa shape index (κ1) is 34.8. The van der Waals surface area contributed by atoms with Crippen LogP contribution in [0.25, 0.3) is 38.8 Å². The van der Waals surface area contributed by atoms with Crippen molar-refractivity contribution in [3.63, 3.8) is 0 Å². The summed E-state index contributed by atoms with van der Waals surface area (Å²) >= 11 is 0. The predicted molar refractivity (Wildman–Crippen MR) is 243 cm³/mol. The van der Waals surface area contributed by atoms with Crippen molar-refractivity contribution in [1.82, 2.24) is 14.5 Å². The highest BCUT2D eigenvalue weighted by Gasteiger charge is 2.50. The molecule has 0 bridgehead atoms. The highest BCUT2D eigenvalue weighted by atomic mass is 28.3. The number of alkyl halides is 1. The number of pyridine rings is 2. The molecule has 0 aliphatic carbocycles. The zero-order chi connectivity index (χ0) is 39.3. The topological polar surface area (TPSA) is 34.0 Å². The Hall–Kier alpha value is -7.41. The molecule has 6 heteroatoms. The van der Waals surface area contributed by atoms with Crippen molar-refractivity contribution in [3.8, 4) is 16.9 Å². The summed E-state index contributed by atoms with van der Waals surface area (Å²) in [6.07, 6.45) is 2.29. The van der Waals surface area contributed by atoms with Gasteiger partial charge in [-0.1, -0.05) is 140 Å². The van der Waals surface area contributed by atoms with Gasteiger partial charge in [-0.05, 0) is 98.6 Å². The average molecular weight is 777 g/mol. The maximum Gasteiger partial charge on any atom is 0.186 e. The molecule has 0 spiro atoms. The molecule has 1 aliphatic heterocycles. The zero-order valence-electron chi connectivity index (χ0n) is 32.0. The van der Waals surface area contributed by atoms with Crippen LogP contribution < -0.4 is 25.6 Å². The zero-order valence-corrected chi connectivity index (χ0v) is 33.0. The second-order valence-corrected chi connectivity index (χ2v) is 18.8. The molecule has 0 N–H and O–H groups in total. The minimum absolute atomic E-state index is 0.569. The molecule has 1 unspecified atom stereocenters. The summed E-state index contributed by atoms with van der Waals surface area (Å²) in [4.78, 5) is 12.1. The van der Waals surface area contributed by atoms with Crippen LogP contribution >= 0.6 is 0 Å². The SMILES string of the molecule is FC(c1cccc(-c2ccccn2)c1)c1cccc(N2c3cc4c(cc3[Si](c3ccccc3)(c3ccccc3)c3cccnc32)c2ccccc2n4-c2ccccc2)c1. The van der Waals surface area contributed by atoms with Gasteiger partial charge in [0.15, 0.2) is 14.2 Å². The summed E-state index contributed by atoms with van der Waals surface area (Å²) in [5.41, 5.74) is 8.04. The van der Waals surface area contributed by atoms with Crippen LogP contribution in [0.1, 0.15) is 17.3 Å². The van der Waals surface area contributed by atoms with E-state index >= 15 is 4.39 Å². The largest absolute Gasteiger partial charge is 0.309 e. The van der Waals surface area contributed by atoms with Crippen LogP contribution in [0, 0.1) is 0 Å². The van der Waals surface area contributed by atoms with Crippen molar-refractivity contribution in [2.24, 2.45) is 0 Å². The third kappa shape index (κ3) is 5.56. The number of halogens is 1. The third-order valence-electron chi connectivity index (χ3n) is 11.8. The van der Waals surface area contributed by atoms with E-state index in [1.165, 1.54) is 31.5 Å². The Morgan fingerprint density at radius 2 is 1.10 bits per heavy atom. The number of aromatic nitrogens is 3. The lowest BCUT2D eigenvalue weighted by atomic mass is 9.99.